The van der Waals surface area contributed by atoms with Crippen LogP contribution in [0.4, 0.5) is 5.69 Å². The van der Waals surface area contributed by atoms with E-state index in [1.54, 1.807) is 11.8 Å². The summed E-state index contributed by atoms with van der Waals surface area (Å²) >= 11 is 1.69. The van der Waals surface area contributed by atoms with E-state index < -0.39 is 0 Å². The molecule has 0 aliphatic carbocycles. The number of hydrogen-bond acceptors (Lipinski definition) is 4. The van der Waals surface area contributed by atoms with E-state index in [-0.39, 0.29) is 11.8 Å². The highest BCUT2D eigenvalue weighted by Gasteiger charge is 2.34. The van der Waals surface area contributed by atoms with Crippen LogP contribution >= 0.6 is 11.8 Å². The van der Waals surface area contributed by atoms with Crippen LogP contribution in [0.15, 0.2) is 77.7 Å². The molecule has 1 saturated heterocycles. The van der Waals surface area contributed by atoms with Gasteiger partial charge in [0, 0.05) is 29.5 Å². The van der Waals surface area contributed by atoms with Crippen molar-refractivity contribution in [2.75, 3.05) is 24.3 Å². The van der Waals surface area contributed by atoms with Gasteiger partial charge in [-0.05, 0) is 55.6 Å². The summed E-state index contributed by atoms with van der Waals surface area (Å²) in [5, 5.41) is 0. The van der Waals surface area contributed by atoms with Gasteiger partial charge in [-0.1, -0.05) is 35.9 Å². The third kappa shape index (κ3) is 4.48. The number of fused-ring (bicyclic) bond motifs is 1. The molecule has 1 aliphatic rings. The Bertz CT molecular complexity index is 1280. The van der Waals surface area contributed by atoms with Crippen molar-refractivity contribution < 1.29 is 9.53 Å². The predicted octanol–water partition coefficient (Wildman–Crippen LogP) is 5.67. The molecule has 0 bridgehead atoms. The lowest BCUT2D eigenvalue weighted by Crippen LogP contribution is -2.24. The van der Waals surface area contributed by atoms with E-state index in [2.05, 4.69) is 48.1 Å². The van der Waals surface area contributed by atoms with Gasteiger partial charge in [0.2, 0.25) is 5.91 Å². The number of para-hydroxylation sites is 2. The number of aryl methyl sites for hydroxylation is 1. The van der Waals surface area contributed by atoms with Gasteiger partial charge in [0.25, 0.3) is 0 Å². The van der Waals surface area contributed by atoms with E-state index in [9.17, 15) is 4.79 Å². The topological polar surface area (TPSA) is 47.4 Å². The zero-order valence-electron chi connectivity index (χ0n) is 18.9. The molecule has 168 valence electrons. The molecule has 1 aliphatic heterocycles. The normalized spacial score (nSPS) is 16.0. The maximum atomic E-state index is 13.0. The number of hydrogen-bond donors (Lipinski definition) is 0. The summed E-state index contributed by atoms with van der Waals surface area (Å²) < 4.78 is 8.24. The molecule has 0 N–H and O–H groups in total. The Morgan fingerprint density at radius 2 is 1.88 bits per heavy atom. The number of carbonyl (C=O) groups is 1. The monoisotopic (exact) mass is 457 g/mol. The molecule has 0 saturated carbocycles. The average molecular weight is 458 g/mol. The summed E-state index contributed by atoms with van der Waals surface area (Å²) in [4.78, 5) is 21.0. The molecule has 0 radical (unpaired) electrons. The Balaban J connectivity index is 1.39. The molecule has 1 aromatic heterocycles. The van der Waals surface area contributed by atoms with Gasteiger partial charge in [0.1, 0.15) is 18.2 Å². The molecule has 0 spiro atoms. The number of anilines is 1. The minimum Gasteiger partial charge on any atom is -0.492 e. The maximum absolute atomic E-state index is 13.0. The van der Waals surface area contributed by atoms with Crippen molar-refractivity contribution in [1.82, 2.24) is 9.55 Å². The Kier molecular flexibility index (Phi) is 6.09. The highest BCUT2D eigenvalue weighted by atomic mass is 32.2. The highest BCUT2D eigenvalue weighted by Crippen LogP contribution is 2.34. The Hall–Kier alpha value is -3.25. The standard InChI is InChI=1S/C27H27N3O2S/c1-19-10-12-22(13-11-19)32-15-14-29-25-9-4-3-8-24(25)28-27(29)20-16-26(31)30(18-20)21-6-5-7-23(17-21)33-2/h3-13,17,20H,14-16,18H2,1-2H3/t20-/m1/s1. The van der Waals surface area contributed by atoms with Crippen LogP contribution in [0.3, 0.4) is 0 Å². The highest BCUT2D eigenvalue weighted by molar-refractivity contribution is 7.98. The average Bonchev–Trinajstić information content (AvgIpc) is 3.41. The van der Waals surface area contributed by atoms with Gasteiger partial charge in [-0.25, -0.2) is 4.98 Å². The van der Waals surface area contributed by atoms with Gasteiger partial charge in [-0.2, -0.15) is 0 Å². The van der Waals surface area contributed by atoms with Gasteiger partial charge in [-0.15, -0.1) is 11.8 Å². The van der Waals surface area contributed by atoms with E-state index in [1.807, 2.05) is 47.4 Å². The number of amides is 1. The van der Waals surface area contributed by atoms with Crippen LogP contribution in [0.1, 0.15) is 23.7 Å². The van der Waals surface area contributed by atoms with Crippen LogP contribution in [0, 0.1) is 6.92 Å². The second-order valence-corrected chi connectivity index (χ2v) is 9.26. The molecular weight excluding hydrogens is 430 g/mol. The van der Waals surface area contributed by atoms with Gasteiger partial charge in [-0.3, -0.25) is 4.79 Å². The summed E-state index contributed by atoms with van der Waals surface area (Å²) in [5.41, 5.74) is 4.21. The zero-order chi connectivity index (χ0) is 22.8. The molecule has 4 aromatic rings. The first-order valence-corrected chi connectivity index (χ1v) is 12.4. The molecule has 6 heteroatoms. The third-order valence-electron chi connectivity index (χ3n) is 6.14. The molecule has 1 atom stereocenters. The quantitative estimate of drug-likeness (QED) is 0.336. The molecule has 1 fully saturated rings. The Morgan fingerprint density at radius 1 is 1.06 bits per heavy atom. The van der Waals surface area contributed by atoms with Crippen molar-refractivity contribution in [2.45, 2.75) is 30.7 Å². The summed E-state index contributed by atoms with van der Waals surface area (Å²) in [6.45, 7) is 3.92. The minimum atomic E-state index is 0.0437. The summed E-state index contributed by atoms with van der Waals surface area (Å²) in [6, 6.07) is 24.5. The Labute approximate surface area is 198 Å². The van der Waals surface area contributed by atoms with Crippen LogP contribution in [0.2, 0.25) is 0 Å². The summed E-state index contributed by atoms with van der Waals surface area (Å²) in [5.74, 6) is 2.01. The van der Waals surface area contributed by atoms with Crippen LogP contribution in [0.25, 0.3) is 11.0 Å². The first kappa shape index (κ1) is 21.6. The van der Waals surface area contributed by atoms with Crippen LogP contribution < -0.4 is 9.64 Å². The molecule has 33 heavy (non-hydrogen) atoms. The van der Waals surface area contributed by atoms with Gasteiger partial charge in [0.15, 0.2) is 0 Å². The summed E-state index contributed by atoms with van der Waals surface area (Å²) in [6.07, 6.45) is 2.51. The number of imidazole rings is 1. The first-order chi connectivity index (χ1) is 16.1. The van der Waals surface area contributed by atoms with Gasteiger partial charge >= 0.3 is 0 Å². The number of nitrogens with zero attached hydrogens (tertiary/aromatic N) is 3. The molecule has 2 heterocycles. The maximum Gasteiger partial charge on any atom is 0.227 e. The van der Waals surface area contributed by atoms with Crippen LogP contribution in [-0.2, 0) is 11.3 Å². The fourth-order valence-corrected chi connectivity index (χ4v) is 4.89. The van der Waals surface area contributed by atoms with Gasteiger partial charge < -0.3 is 14.2 Å². The van der Waals surface area contributed by atoms with E-state index >= 15 is 0 Å². The largest absolute Gasteiger partial charge is 0.492 e. The fourth-order valence-electron chi connectivity index (χ4n) is 4.44. The van der Waals surface area contributed by atoms with Crippen molar-refractivity contribution in [2.24, 2.45) is 0 Å². The van der Waals surface area contributed by atoms with Crippen molar-refractivity contribution in [3.8, 4) is 5.75 Å². The van der Waals surface area contributed by atoms with E-state index in [1.165, 1.54) is 5.56 Å². The number of aromatic nitrogens is 2. The Morgan fingerprint density at radius 3 is 2.70 bits per heavy atom. The summed E-state index contributed by atoms with van der Waals surface area (Å²) in [7, 11) is 0. The number of ether oxygens (including phenoxy) is 1. The minimum absolute atomic E-state index is 0.0437. The lowest BCUT2D eigenvalue weighted by molar-refractivity contribution is -0.117. The lowest BCUT2D eigenvalue weighted by Gasteiger charge is -2.18. The number of benzene rings is 3. The molecular formula is C27H27N3O2S. The molecule has 1 amide bonds. The van der Waals surface area contributed by atoms with Crippen LogP contribution in [-0.4, -0.2) is 34.9 Å². The van der Waals surface area contributed by atoms with Crippen LogP contribution in [0.5, 0.6) is 5.75 Å². The van der Waals surface area contributed by atoms with Crippen molar-refractivity contribution in [3.63, 3.8) is 0 Å². The third-order valence-corrected chi connectivity index (χ3v) is 6.87. The van der Waals surface area contributed by atoms with E-state index in [4.69, 9.17) is 9.72 Å². The van der Waals surface area contributed by atoms with Crippen molar-refractivity contribution >= 4 is 34.4 Å². The molecule has 0 unspecified atom stereocenters. The zero-order valence-corrected chi connectivity index (χ0v) is 19.7. The number of rotatable bonds is 7. The molecule has 5 nitrogen and oxygen atoms in total. The number of thioether (sulfide) groups is 1. The number of carbonyl (C=O) groups excluding carboxylic acids is 1. The second kappa shape index (κ2) is 9.32. The molecule has 5 rings (SSSR count). The second-order valence-electron chi connectivity index (χ2n) is 8.38. The van der Waals surface area contributed by atoms with E-state index in [0.717, 1.165) is 33.2 Å². The lowest BCUT2D eigenvalue weighted by atomic mass is 10.1. The molecule has 3 aromatic carbocycles. The van der Waals surface area contributed by atoms with Crippen molar-refractivity contribution in [3.05, 3.63) is 84.2 Å². The van der Waals surface area contributed by atoms with Crippen molar-refractivity contribution in [1.29, 1.82) is 0 Å². The smallest absolute Gasteiger partial charge is 0.227 e. The first-order valence-electron chi connectivity index (χ1n) is 11.2. The van der Waals surface area contributed by atoms with Gasteiger partial charge in [0.05, 0.1) is 17.6 Å². The predicted molar refractivity (Wildman–Crippen MR) is 134 cm³/mol. The SMILES string of the molecule is CSc1cccc(N2C[C@H](c3nc4ccccc4n3CCOc3ccc(C)cc3)CC2=O)c1. The fraction of sp³-hybridized carbons (Fsp3) is 0.259. The van der Waals surface area contributed by atoms with E-state index in [0.29, 0.717) is 26.1 Å².